The Morgan fingerprint density at radius 3 is 2.67 bits per heavy atom. The summed E-state index contributed by atoms with van der Waals surface area (Å²) in [5, 5.41) is 11.5. The highest BCUT2D eigenvalue weighted by Gasteiger charge is 2.34. The second kappa shape index (κ2) is 6.36. The number of rotatable bonds is 3. The fraction of sp³-hybridized carbons (Fsp3) is 0.750. The van der Waals surface area contributed by atoms with E-state index in [0.29, 0.717) is 13.2 Å². The van der Waals surface area contributed by atoms with Crippen molar-refractivity contribution in [3.05, 3.63) is 0 Å². The number of ether oxygens (including phenoxy) is 1. The standard InChI is InChI=1S/C12H19N3O3/c1-8(2)14-11(16)10-7-18-5-4-15(10)12(17)9(3)6-13/h8-10H,4-5,7H2,1-3H3,(H,14,16). The van der Waals surface area contributed by atoms with Crippen molar-refractivity contribution in [1.82, 2.24) is 10.2 Å². The number of morpholine rings is 1. The molecule has 2 amide bonds. The molecule has 1 fully saturated rings. The zero-order valence-corrected chi connectivity index (χ0v) is 11.0. The van der Waals surface area contributed by atoms with E-state index in [-0.39, 0.29) is 24.5 Å². The van der Waals surface area contributed by atoms with Crippen LogP contribution in [-0.2, 0) is 14.3 Å². The van der Waals surface area contributed by atoms with E-state index in [1.54, 1.807) is 0 Å². The van der Waals surface area contributed by atoms with E-state index in [4.69, 9.17) is 10.00 Å². The molecule has 0 saturated carbocycles. The van der Waals surface area contributed by atoms with Gasteiger partial charge in [0, 0.05) is 12.6 Å². The molecule has 1 heterocycles. The first-order valence-electron chi connectivity index (χ1n) is 6.05. The summed E-state index contributed by atoms with van der Waals surface area (Å²) in [5.74, 6) is -1.29. The molecule has 0 aromatic rings. The van der Waals surface area contributed by atoms with E-state index in [0.717, 1.165) is 0 Å². The third kappa shape index (κ3) is 3.44. The van der Waals surface area contributed by atoms with E-state index in [1.807, 2.05) is 19.9 Å². The number of nitrogens with one attached hydrogen (secondary N) is 1. The first-order valence-corrected chi connectivity index (χ1v) is 6.05. The predicted molar refractivity (Wildman–Crippen MR) is 64.4 cm³/mol. The van der Waals surface area contributed by atoms with Crippen LogP contribution in [0.15, 0.2) is 0 Å². The monoisotopic (exact) mass is 253 g/mol. The van der Waals surface area contributed by atoms with Crippen LogP contribution in [0.3, 0.4) is 0 Å². The predicted octanol–water partition coefficient (Wildman–Crippen LogP) is -0.102. The van der Waals surface area contributed by atoms with Crippen molar-refractivity contribution in [2.75, 3.05) is 19.8 Å². The van der Waals surface area contributed by atoms with Crippen LogP contribution in [0.1, 0.15) is 20.8 Å². The second-order valence-electron chi connectivity index (χ2n) is 4.64. The Morgan fingerprint density at radius 1 is 1.44 bits per heavy atom. The van der Waals surface area contributed by atoms with E-state index in [9.17, 15) is 9.59 Å². The van der Waals surface area contributed by atoms with Crippen LogP contribution < -0.4 is 5.32 Å². The Hall–Kier alpha value is -1.61. The molecule has 0 aromatic heterocycles. The summed E-state index contributed by atoms with van der Waals surface area (Å²) < 4.78 is 5.24. The number of hydrogen-bond acceptors (Lipinski definition) is 4. The fourth-order valence-electron chi connectivity index (χ4n) is 1.77. The van der Waals surface area contributed by atoms with E-state index >= 15 is 0 Å². The molecule has 0 spiro atoms. The number of nitrogens with zero attached hydrogens (tertiary/aromatic N) is 2. The van der Waals surface area contributed by atoms with Crippen molar-refractivity contribution in [2.24, 2.45) is 5.92 Å². The van der Waals surface area contributed by atoms with E-state index in [2.05, 4.69) is 5.32 Å². The maximum absolute atomic E-state index is 12.0. The summed E-state index contributed by atoms with van der Waals surface area (Å²) >= 11 is 0. The lowest BCUT2D eigenvalue weighted by atomic mass is 10.1. The van der Waals surface area contributed by atoms with Crippen molar-refractivity contribution >= 4 is 11.8 Å². The summed E-state index contributed by atoms with van der Waals surface area (Å²) in [6.07, 6.45) is 0. The zero-order chi connectivity index (χ0) is 13.7. The van der Waals surface area contributed by atoms with Gasteiger partial charge in [-0.3, -0.25) is 9.59 Å². The molecule has 100 valence electrons. The minimum atomic E-state index is -0.738. The first kappa shape index (κ1) is 14.5. The van der Waals surface area contributed by atoms with Gasteiger partial charge in [-0.05, 0) is 20.8 Å². The van der Waals surface area contributed by atoms with Crippen LogP contribution in [0.25, 0.3) is 0 Å². The molecule has 0 bridgehead atoms. The number of nitriles is 1. The Balaban J connectivity index is 2.77. The highest BCUT2D eigenvalue weighted by molar-refractivity contribution is 5.89. The van der Waals surface area contributed by atoms with Gasteiger partial charge in [0.1, 0.15) is 12.0 Å². The zero-order valence-electron chi connectivity index (χ0n) is 11.0. The van der Waals surface area contributed by atoms with Gasteiger partial charge in [0.15, 0.2) is 0 Å². The van der Waals surface area contributed by atoms with Crippen LogP contribution in [-0.4, -0.2) is 48.6 Å². The highest BCUT2D eigenvalue weighted by Crippen LogP contribution is 2.12. The molecule has 6 nitrogen and oxygen atoms in total. The van der Waals surface area contributed by atoms with Gasteiger partial charge < -0.3 is 15.0 Å². The van der Waals surface area contributed by atoms with Gasteiger partial charge in [-0.2, -0.15) is 5.26 Å². The lowest BCUT2D eigenvalue weighted by Gasteiger charge is -2.35. The molecule has 2 unspecified atom stereocenters. The van der Waals surface area contributed by atoms with Crippen LogP contribution in [0, 0.1) is 17.2 Å². The third-order valence-corrected chi connectivity index (χ3v) is 2.71. The molecule has 6 heteroatoms. The summed E-state index contributed by atoms with van der Waals surface area (Å²) in [6, 6.07) is 1.27. The Kier molecular flexibility index (Phi) is 5.10. The number of amides is 2. The average molecular weight is 253 g/mol. The Morgan fingerprint density at radius 2 is 2.11 bits per heavy atom. The SMILES string of the molecule is CC(C)NC(=O)C1COCCN1C(=O)C(C)C#N. The van der Waals surface area contributed by atoms with Crippen molar-refractivity contribution < 1.29 is 14.3 Å². The van der Waals surface area contributed by atoms with Gasteiger partial charge in [0.05, 0.1) is 19.3 Å². The molecule has 1 aliphatic rings. The molecule has 1 saturated heterocycles. The lowest BCUT2D eigenvalue weighted by Crippen LogP contribution is -2.57. The van der Waals surface area contributed by atoms with Crippen molar-refractivity contribution in [1.29, 1.82) is 5.26 Å². The molecule has 2 atom stereocenters. The van der Waals surface area contributed by atoms with E-state index < -0.39 is 12.0 Å². The van der Waals surface area contributed by atoms with Crippen LogP contribution in [0.2, 0.25) is 0 Å². The smallest absolute Gasteiger partial charge is 0.245 e. The second-order valence-corrected chi connectivity index (χ2v) is 4.64. The third-order valence-electron chi connectivity index (χ3n) is 2.71. The molecule has 18 heavy (non-hydrogen) atoms. The largest absolute Gasteiger partial charge is 0.377 e. The topological polar surface area (TPSA) is 82.4 Å². The quantitative estimate of drug-likeness (QED) is 0.761. The lowest BCUT2D eigenvalue weighted by molar-refractivity contribution is -0.150. The van der Waals surface area contributed by atoms with Crippen LogP contribution in [0.5, 0.6) is 0 Å². The number of carbonyl (C=O) groups is 2. The van der Waals surface area contributed by atoms with Crippen molar-refractivity contribution in [3.8, 4) is 6.07 Å². The molecule has 0 aromatic carbocycles. The molecule has 0 aliphatic carbocycles. The van der Waals surface area contributed by atoms with Crippen molar-refractivity contribution in [2.45, 2.75) is 32.9 Å². The van der Waals surface area contributed by atoms with Gasteiger partial charge in [0.2, 0.25) is 11.8 Å². The van der Waals surface area contributed by atoms with Gasteiger partial charge in [0.25, 0.3) is 0 Å². The summed E-state index contributed by atoms with van der Waals surface area (Å²) in [7, 11) is 0. The van der Waals surface area contributed by atoms with E-state index in [1.165, 1.54) is 11.8 Å². The molecule has 1 aliphatic heterocycles. The normalized spacial score (nSPS) is 21.3. The van der Waals surface area contributed by atoms with Crippen LogP contribution in [0.4, 0.5) is 0 Å². The first-order chi connectivity index (χ1) is 8.47. The summed E-state index contributed by atoms with van der Waals surface area (Å²) in [5.41, 5.74) is 0. The maximum atomic E-state index is 12.0. The van der Waals surface area contributed by atoms with Gasteiger partial charge in [-0.1, -0.05) is 0 Å². The molecular formula is C12H19N3O3. The number of hydrogen-bond donors (Lipinski definition) is 1. The molecule has 1 N–H and O–H groups in total. The Labute approximate surface area is 107 Å². The highest BCUT2D eigenvalue weighted by atomic mass is 16.5. The Bertz CT molecular complexity index is 362. The van der Waals surface area contributed by atoms with Crippen molar-refractivity contribution in [3.63, 3.8) is 0 Å². The summed E-state index contributed by atoms with van der Waals surface area (Å²) in [6.45, 7) is 6.17. The minimum Gasteiger partial charge on any atom is -0.377 e. The average Bonchev–Trinajstić information content (AvgIpc) is 2.36. The molecular weight excluding hydrogens is 234 g/mol. The van der Waals surface area contributed by atoms with Crippen LogP contribution >= 0.6 is 0 Å². The fourth-order valence-corrected chi connectivity index (χ4v) is 1.77. The molecule has 0 radical (unpaired) electrons. The minimum absolute atomic E-state index is 0.00442. The van der Waals surface area contributed by atoms with Gasteiger partial charge in [-0.25, -0.2) is 0 Å². The van der Waals surface area contributed by atoms with Gasteiger partial charge >= 0.3 is 0 Å². The number of carbonyl (C=O) groups excluding carboxylic acids is 2. The molecule has 1 rings (SSSR count). The summed E-state index contributed by atoms with van der Waals surface area (Å²) in [4.78, 5) is 25.4. The maximum Gasteiger partial charge on any atom is 0.245 e. The van der Waals surface area contributed by atoms with Gasteiger partial charge in [-0.15, -0.1) is 0 Å².